The monoisotopic (exact) mass is 193 g/mol. The first-order valence-electron chi connectivity index (χ1n) is 6.02. The maximum absolute atomic E-state index is 9.70. The molecular formula is C11H14N2O. The van der Waals surface area contributed by atoms with Crippen LogP contribution in [0.3, 0.4) is 0 Å². The predicted octanol–water partition coefficient (Wildman–Crippen LogP) is 2.40. The van der Waals surface area contributed by atoms with Gasteiger partial charge in [-0.15, -0.1) is 0 Å². The van der Waals surface area contributed by atoms with Crippen LogP contribution in [-0.2, 0) is 6.98 Å². The lowest BCUT2D eigenvalue weighted by Crippen LogP contribution is -1.87. The van der Waals surface area contributed by atoms with Crippen molar-refractivity contribution in [3.8, 4) is 5.75 Å². The van der Waals surface area contributed by atoms with E-state index in [4.69, 9.17) is 4.11 Å². The van der Waals surface area contributed by atoms with Gasteiger partial charge in [0.1, 0.15) is 11.3 Å². The van der Waals surface area contributed by atoms with E-state index in [0.29, 0.717) is 10.9 Å². The molecule has 0 radical (unpaired) electrons. The van der Waals surface area contributed by atoms with Gasteiger partial charge in [-0.25, -0.2) is 0 Å². The molecule has 0 saturated carbocycles. The molecule has 0 aliphatic heterocycles. The molecule has 0 unspecified atom stereocenters. The van der Waals surface area contributed by atoms with Gasteiger partial charge in [0.2, 0.25) is 0 Å². The summed E-state index contributed by atoms with van der Waals surface area (Å²) in [6, 6.07) is 3.35. The van der Waals surface area contributed by atoms with Crippen LogP contribution in [0.15, 0.2) is 18.3 Å². The number of fused-ring (bicyclic) bond motifs is 1. The Morgan fingerprint density at radius 1 is 1.50 bits per heavy atom. The molecule has 3 nitrogen and oxygen atoms in total. The van der Waals surface area contributed by atoms with Crippen molar-refractivity contribution in [1.29, 1.82) is 0 Å². The van der Waals surface area contributed by atoms with Gasteiger partial charge in [0.05, 0.1) is 0 Å². The highest BCUT2D eigenvalue weighted by Crippen LogP contribution is 2.30. The summed E-state index contributed by atoms with van der Waals surface area (Å²) in [5.74, 6) is 0.250. The lowest BCUT2D eigenvalue weighted by atomic mass is 9.99. The average molecular weight is 193 g/mol. The smallest absolute Gasteiger partial charge is 0.143 e. The second-order valence-electron chi connectivity index (χ2n) is 3.66. The molecule has 0 aliphatic carbocycles. The van der Waals surface area contributed by atoms with E-state index in [1.54, 1.807) is 12.1 Å². The van der Waals surface area contributed by atoms with Gasteiger partial charge < -0.3 is 5.11 Å². The molecule has 2 rings (SSSR count). The SMILES string of the molecule is [2H]C([2H])([2H])n1cc2c(C(C)C)ccc(O)c2n1. The molecule has 14 heavy (non-hydrogen) atoms. The molecule has 2 aromatic rings. The van der Waals surface area contributed by atoms with Gasteiger partial charge >= 0.3 is 0 Å². The summed E-state index contributed by atoms with van der Waals surface area (Å²) < 4.78 is 22.8. The molecule has 0 bridgehead atoms. The van der Waals surface area contributed by atoms with Crippen LogP contribution < -0.4 is 0 Å². The highest BCUT2D eigenvalue weighted by molar-refractivity contribution is 5.87. The van der Waals surface area contributed by atoms with E-state index in [1.165, 1.54) is 6.20 Å². The first-order chi connectivity index (χ1) is 7.80. The molecule has 0 spiro atoms. The molecule has 1 N–H and O–H groups in total. The molecular weight excluding hydrogens is 176 g/mol. The first-order valence-corrected chi connectivity index (χ1v) is 4.52. The Balaban J connectivity index is 2.74. The fraction of sp³-hybridized carbons (Fsp3) is 0.364. The maximum Gasteiger partial charge on any atom is 0.143 e. The molecule has 0 amide bonds. The van der Waals surface area contributed by atoms with Crippen LogP contribution in [0.25, 0.3) is 10.9 Å². The molecule has 0 atom stereocenters. The summed E-state index contributed by atoms with van der Waals surface area (Å²) in [6.45, 7) is 1.71. The number of nitrogens with zero attached hydrogens (tertiary/aromatic N) is 2. The number of aryl methyl sites for hydroxylation is 1. The van der Waals surface area contributed by atoms with Crippen LogP contribution in [0.2, 0.25) is 0 Å². The van der Waals surface area contributed by atoms with Gasteiger partial charge in [-0.1, -0.05) is 19.9 Å². The Morgan fingerprint density at radius 3 is 2.93 bits per heavy atom. The normalized spacial score (nSPS) is 15.5. The molecule has 1 aromatic carbocycles. The Kier molecular flexibility index (Phi) is 1.30. The van der Waals surface area contributed by atoms with Gasteiger partial charge in [-0.2, -0.15) is 5.10 Å². The summed E-state index contributed by atoms with van der Waals surface area (Å²) >= 11 is 0. The van der Waals surface area contributed by atoms with Crippen molar-refractivity contribution in [2.45, 2.75) is 19.8 Å². The molecule has 74 valence electrons. The highest BCUT2D eigenvalue weighted by atomic mass is 16.3. The fourth-order valence-electron chi connectivity index (χ4n) is 1.62. The van der Waals surface area contributed by atoms with E-state index in [2.05, 4.69) is 5.10 Å². The highest BCUT2D eigenvalue weighted by Gasteiger charge is 2.10. The van der Waals surface area contributed by atoms with Crippen LogP contribution in [0.5, 0.6) is 5.75 Å². The van der Waals surface area contributed by atoms with E-state index >= 15 is 0 Å². The number of benzene rings is 1. The molecule has 0 fully saturated rings. The topological polar surface area (TPSA) is 38.0 Å². The zero-order valence-electron chi connectivity index (χ0n) is 11.2. The van der Waals surface area contributed by atoms with Crippen molar-refractivity contribution in [1.82, 2.24) is 9.78 Å². The average Bonchev–Trinajstić information content (AvgIpc) is 2.62. The largest absolute Gasteiger partial charge is 0.506 e. The van der Waals surface area contributed by atoms with E-state index in [1.807, 2.05) is 13.8 Å². The van der Waals surface area contributed by atoms with Crippen LogP contribution in [0.1, 0.15) is 29.4 Å². The number of aromatic nitrogens is 2. The van der Waals surface area contributed by atoms with Gasteiger partial charge in [-0.05, 0) is 17.5 Å². The summed E-state index contributed by atoms with van der Waals surface area (Å²) in [5, 5.41) is 14.3. The lowest BCUT2D eigenvalue weighted by Gasteiger charge is -2.06. The Bertz CT molecular complexity index is 558. The van der Waals surface area contributed by atoms with E-state index in [9.17, 15) is 5.11 Å². The third kappa shape index (κ3) is 1.25. The third-order valence-electron chi connectivity index (χ3n) is 2.31. The number of phenols is 1. The van der Waals surface area contributed by atoms with E-state index in [0.717, 1.165) is 10.2 Å². The van der Waals surface area contributed by atoms with Crippen molar-refractivity contribution in [2.24, 2.45) is 6.98 Å². The minimum absolute atomic E-state index is 0.00685. The van der Waals surface area contributed by atoms with Crippen molar-refractivity contribution < 1.29 is 9.22 Å². The van der Waals surface area contributed by atoms with Crippen molar-refractivity contribution in [3.05, 3.63) is 23.9 Å². The standard InChI is InChI=1S/C11H14N2O/c1-7(2)8-4-5-10(14)11-9(8)6-13(3)12-11/h4-7,14H,1-3H3/i3D3. The summed E-state index contributed by atoms with van der Waals surface area (Å²) in [7, 11) is 0. The number of hydrogen-bond donors (Lipinski definition) is 1. The lowest BCUT2D eigenvalue weighted by molar-refractivity contribution is 0.479. The zero-order chi connectivity index (χ0) is 12.8. The second-order valence-corrected chi connectivity index (χ2v) is 3.66. The third-order valence-corrected chi connectivity index (χ3v) is 2.31. The van der Waals surface area contributed by atoms with Crippen LogP contribution >= 0.6 is 0 Å². The Morgan fingerprint density at radius 2 is 2.29 bits per heavy atom. The quantitative estimate of drug-likeness (QED) is 0.755. The summed E-state index contributed by atoms with van der Waals surface area (Å²) in [5.41, 5.74) is 1.32. The van der Waals surface area contributed by atoms with Gasteiger partial charge in [0, 0.05) is 22.7 Å². The second kappa shape index (κ2) is 3.01. The molecule has 0 saturated heterocycles. The van der Waals surface area contributed by atoms with Gasteiger partial charge in [0.15, 0.2) is 0 Å². The maximum atomic E-state index is 9.70. The van der Waals surface area contributed by atoms with Crippen molar-refractivity contribution in [2.75, 3.05) is 0 Å². The van der Waals surface area contributed by atoms with Crippen LogP contribution in [0, 0.1) is 0 Å². The summed E-state index contributed by atoms with van der Waals surface area (Å²) in [6.07, 6.45) is 1.47. The minimum atomic E-state index is -2.32. The zero-order valence-corrected chi connectivity index (χ0v) is 8.15. The fourth-order valence-corrected chi connectivity index (χ4v) is 1.62. The van der Waals surface area contributed by atoms with Crippen LogP contribution in [0.4, 0.5) is 0 Å². The number of phenolic OH excluding ortho intramolecular Hbond substituents is 1. The predicted molar refractivity (Wildman–Crippen MR) is 56.5 cm³/mol. The molecule has 3 heteroatoms. The van der Waals surface area contributed by atoms with E-state index < -0.39 is 6.98 Å². The molecule has 1 aromatic heterocycles. The Labute approximate surface area is 87.2 Å². The number of aromatic hydroxyl groups is 1. The van der Waals surface area contributed by atoms with Gasteiger partial charge in [-0.3, -0.25) is 4.68 Å². The number of rotatable bonds is 1. The van der Waals surface area contributed by atoms with Crippen LogP contribution in [-0.4, -0.2) is 14.9 Å². The Hall–Kier alpha value is -1.51. The van der Waals surface area contributed by atoms with Gasteiger partial charge in [0.25, 0.3) is 0 Å². The first kappa shape index (κ1) is 6.06. The molecule has 1 heterocycles. The molecule has 0 aliphatic rings. The van der Waals surface area contributed by atoms with Crippen molar-refractivity contribution in [3.63, 3.8) is 0 Å². The minimum Gasteiger partial charge on any atom is -0.506 e. The number of hydrogen-bond acceptors (Lipinski definition) is 2. The van der Waals surface area contributed by atoms with E-state index in [-0.39, 0.29) is 11.7 Å². The summed E-state index contributed by atoms with van der Waals surface area (Å²) in [4.78, 5) is 0. The van der Waals surface area contributed by atoms with Crippen molar-refractivity contribution >= 4 is 10.9 Å².